The van der Waals surface area contributed by atoms with Gasteiger partial charge in [-0.05, 0) is 12.1 Å². The maximum absolute atomic E-state index is 12.3. The minimum Gasteiger partial charge on any atom is -0.337 e. The average Bonchev–Trinajstić information content (AvgIpc) is 2.42. The second-order valence-corrected chi connectivity index (χ2v) is 4.20. The standard InChI is InChI=1S/C12H10N4O3/c17-10-11(18)15-9-8(14-10)6-13-16(12(9)19)7-4-2-1-3-5-7/h1-6,8-9H,(H,14,17)(H,15,18). The van der Waals surface area contributed by atoms with Crippen LogP contribution in [0.25, 0.3) is 0 Å². The molecular formula is C12H10N4O3. The van der Waals surface area contributed by atoms with Crippen LogP contribution in [0.2, 0.25) is 0 Å². The highest BCUT2D eigenvalue weighted by atomic mass is 16.2. The van der Waals surface area contributed by atoms with E-state index >= 15 is 0 Å². The molecule has 1 fully saturated rings. The van der Waals surface area contributed by atoms with Gasteiger partial charge in [0.2, 0.25) is 0 Å². The summed E-state index contributed by atoms with van der Waals surface area (Å²) < 4.78 is 0. The molecule has 3 amide bonds. The minimum atomic E-state index is -0.817. The Hall–Kier alpha value is -2.70. The predicted molar refractivity (Wildman–Crippen MR) is 66.3 cm³/mol. The smallest absolute Gasteiger partial charge is 0.310 e. The third-order valence-corrected chi connectivity index (χ3v) is 2.97. The van der Waals surface area contributed by atoms with Crippen molar-refractivity contribution >= 4 is 29.6 Å². The molecule has 2 heterocycles. The molecule has 0 aliphatic carbocycles. The van der Waals surface area contributed by atoms with Crippen LogP contribution >= 0.6 is 0 Å². The number of anilines is 1. The second kappa shape index (κ2) is 4.20. The molecule has 0 aromatic heterocycles. The maximum Gasteiger partial charge on any atom is 0.310 e. The van der Waals surface area contributed by atoms with E-state index in [1.165, 1.54) is 11.2 Å². The number of carbonyl (C=O) groups is 3. The van der Waals surface area contributed by atoms with E-state index in [2.05, 4.69) is 15.7 Å². The Morgan fingerprint density at radius 3 is 2.42 bits per heavy atom. The lowest BCUT2D eigenvalue weighted by molar-refractivity contribution is -0.143. The van der Waals surface area contributed by atoms with E-state index in [0.717, 1.165) is 0 Å². The van der Waals surface area contributed by atoms with Crippen LogP contribution in [0.4, 0.5) is 5.69 Å². The summed E-state index contributed by atoms with van der Waals surface area (Å²) in [5.41, 5.74) is 0.605. The Balaban J connectivity index is 1.92. The number of nitrogens with one attached hydrogen (secondary N) is 2. The Kier molecular flexibility index (Phi) is 2.52. The molecule has 0 bridgehead atoms. The predicted octanol–water partition coefficient (Wildman–Crippen LogP) is -0.998. The molecule has 19 heavy (non-hydrogen) atoms. The summed E-state index contributed by atoms with van der Waals surface area (Å²) in [6.45, 7) is 0. The molecule has 2 N–H and O–H groups in total. The molecule has 7 nitrogen and oxygen atoms in total. The normalized spacial score (nSPS) is 25.7. The van der Waals surface area contributed by atoms with E-state index in [4.69, 9.17) is 0 Å². The first-order chi connectivity index (χ1) is 9.16. The molecule has 0 radical (unpaired) electrons. The Morgan fingerprint density at radius 2 is 1.68 bits per heavy atom. The Bertz CT molecular complexity index is 584. The largest absolute Gasteiger partial charge is 0.337 e. The van der Waals surface area contributed by atoms with Gasteiger partial charge in [-0.3, -0.25) is 14.4 Å². The molecule has 2 aliphatic rings. The van der Waals surface area contributed by atoms with Gasteiger partial charge in [0.1, 0.15) is 6.04 Å². The molecule has 3 rings (SSSR count). The average molecular weight is 258 g/mol. The number of hydrogen-bond donors (Lipinski definition) is 2. The zero-order chi connectivity index (χ0) is 13.4. The summed E-state index contributed by atoms with van der Waals surface area (Å²) in [7, 11) is 0. The van der Waals surface area contributed by atoms with Crippen LogP contribution in [0, 0.1) is 0 Å². The van der Waals surface area contributed by atoms with Crippen molar-refractivity contribution in [2.45, 2.75) is 12.1 Å². The number of carbonyl (C=O) groups excluding carboxylic acids is 3. The number of nitrogens with zero attached hydrogens (tertiary/aromatic N) is 2. The van der Waals surface area contributed by atoms with Crippen LogP contribution in [0.3, 0.4) is 0 Å². The summed E-state index contributed by atoms with van der Waals surface area (Å²) in [6, 6.07) is 7.45. The SMILES string of the molecule is O=C1NC2C=NN(c3ccccc3)C(=O)C2NC1=O. The number of para-hydroxylation sites is 1. The zero-order valence-corrected chi connectivity index (χ0v) is 9.74. The van der Waals surface area contributed by atoms with E-state index in [9.17, 15) is 14.4 Å². The number of amides is 3. The van der Waals surface area contributed by atoms with Gasteiger partial charge in [-0.15, -0.1) is 0 Å². The van der Waals surface area contributed by atoms with Crippen molar-refractivity contribution in [1.29, 1.82) is 0 Å². The lowest BCUT2D eigenvalue weighted by Crippen LogP contribution is -2.68. The lowest BCUT2D eigenvalue weighted by atomic mass is 10.0. The van der Waals surface area contributed by atoms with Crippen molar-refractivity contribution in [3.05, 3.63) is 30.3 Å². The second-order valence-electron chi connectivity index (χ2n) is 4.20. The van der Waals surface area contributed by atoms with Gasteiger partial charge >= 0.3 is 11.8 Å². The molecule has 7 heteroatoms. The summed E-state index contributed by atoms with van der Waals surface area (Å²) in [5, 5.41) is 10.0. The van der Waals surface area contributed by atoms with E-state index in [1.54, 1.807) is 24.3 Å². The number of hydrazone groups is 1. The van der Waals surface area contributed by atoms with Gasteiger partial charge < -0.3 is 10.6 Å². The van der Waals surface area contributed by atoms with Crippen LogP contribution in [-0.4, -0.2) is 36.0 Å². The number of rotatable bonds is 1. The van der Waals surface area contributed by atoms with Gasteiger partial charge in [0.15, 0.2) is 0 Å². The number of hydrogen-bond acceptors (Lipinski definition) is 4. The number of benzene rings is 1. The first-order valence-electron chi connectivity index (χ1n) is 5.71. The quantitative estimate of drug-likeness (QED) is 0.633. The third-order valence-electron chi connectivity index (χ3n) is 2.97. The van der Waals surface area contributed by atoms with Gasteiger partial charge in [-0.2, -0.15) is 10.1 Å². The van der Waals surface area contributed by atoms with Crippen LogP contribution in [0.5, 0.6) is 0 Å². The molecule has 1 aromatic rings. The monoisotopic (exact) mass is 258 g/mol. The number of fused-ring (bicyclic) bond motifs is 1. The van der Waals surface area contributed by atoms with E-state index in [-0.39, 0.29) is 5.91 Å². The van der Waals surface area contributed by atoms with E-state index in [1.807, 2.05) is 6.07 Å². The van der Waals surface area contributed by atoms with Crippen molar-refractivity contribution in [2.24, 2.45) is 5.10 Å². The summed E-state index contributed by atoms with van der Waals surface area (Å²) in [5.74, 6) is -1.95. The van der Waals surface area contributed by atoms with Crippen LogP contribution < -0.4 is 15.6 Å². The zero-order valence-electron chi connectivity index (χ0n) is 9.74. The van der Waals surface area contributed by atoms with Gasteiger partial charge in [-0.25, -0.2) is 0 Å². The topological polar surface area (TPSA) is 90.9 Å². The molecule has 1 aromatic carbocycles. The maximum atomic E-state index is 12.3. The first-order valence-corrected chi connectivity index (χ1v) is 5.71. The molecule has 2 aliphatic heterocycles. The highest BCUT2D eigenvalue weighted by Gasteiger charge is 2.42. The lowest BCUT2D eigenvalue weighted by Gasteiger charge is -2.35. The molecule has 0 saturated carbocycles. The highest BCUT2D eigenvalue weighted by Crippen LogP contribution is 2.19. The van der Waals surface area contributed by atoms with Gasteiger partial charge in [-0.1, -0.05) is 18.2 Å². The van der Waals surface area contributed by atoms with Gasteiger partial charge in [0.25, 0.3) is 5.91 Å². The highest BCUT2D eigenvalue weighted by molar-refractivity contribution is 6.37. The van der Waals surface area contributed by atoms with Crippen molar-refractivity contribution < 1.29 is 14.4 Å². The van der Waals surface area contributed by atoms with Gasteiger partial charge in [0, 0.05) is 0 Å². The molecule has 1 saturated heterocycles. The molecule has 2 unspecified atom stereocenters. The van der Waals surface area contributed by atoms with Crippen LogP contribution in [0.15, 0.2) is 35.4 Å². The fourth-order valence-electron chi connectivity index (χ4n) is 2.03. The van der Waals surface area contributed by atoms with E-state index < -0.39 is 23.9 Å². The van der Waals surface area contributed by atoms with Crippen molar-refractivity contribution in [1.82, 2.24) is 10.6 Å². The first kappa shape index (κ1) is 11.4. The van der Waals surface area contributed by atoms with Gasteiger partial charge in [0.05, 0.1) is 17.9 Å². The molecule has 96 valence electrons. The summed E-state index contributed by atoms with van der Waals surface area (Å²) in [6.07, 6.45) is 1.44. The van der Waals surface area contributed by atoms with Crippen molar-refractivity contribution in [3.63, 3.8) is 0 Å². The summed E-state index contributed by atoms with van der Waals surface area (Å²) in [4.78, 5) is 34.8. The van der Waals surface area contributed by atoms with Crippen molar-refractivity contribution in [2.75, 3.05) is 5.01 Å². The number of piperazine rings is 1. The molecule has 2 atom stereocenters. The fourth-order valence-corrected chi connectivity index (χ4v) is 2.03. The Morgan fingerprint density at radius 1 is 1.00 bits per heavy atom. The minimum absolute atomic E-state index is 0.382. The van der Waals surface area contributed by atoms with Crippen LogP contribution in [-0.2, 0) is 14.4 Å². The third kappa shape index (κ3) is 1.85. The Labute approximate surface area is 108 Å². The molecule has 0 spiro atoms. The fraction of sp³-hybridized carbons (Fsp3) is 0.167. The van der Waals surface area contributed by atoms with E-state index in [0.29, 0.717) is 5.69 Å². The molecular weight excluding hydrogens is 248 g/mol. The summed E-state index contributed by atoms with van der Waals surface area (Å²) >= 11 is 0. The van der Waals surface area contributed by atoms with Crippen molar-refractivity contribution in [3.8, 4) is 0 Å². The van der Waals surface area contributed by atoms with Crippen LogP contribution in [0.1, 0.15) is 0 Å².